The SMILES string of the molecule is O=C(O)c1cnc(N2CC(O)CC2=O)nc1. The number of aromatic carboxylic acids is 1. The van der Waals surface area contributed by atoms with E-state index in [-0.39, 0.29) is 30.4 Å². The molecule has 0 aromatic carbocycles. The number of nitrogens with zero attached hydrogens (tertiary/aromatic N) is 3. The number of aliphatic hydroxyl groups excluding tert-OH is 1. The summed E-state index contributed by atoms with van der Waals surface area (Å²) in [5.41, 5.74) is -0.0454. The lowest BCUT2D eigenvalue weighted by Crippen LogP contribution is -2.27. The van der Waals surface area contributed by atoms with E-state index >= 15 is 0 Å². The van der Waals surface area contributed by atoms with Gasteiger partial charge in [-0.25, -0.2) is 14.8 Å². The van der Waals surface area contributed by atoms with E-state index in [2.05, 4.69) is 9.97 Å². The molecule has 1 saturated heterocycles. The summed E-state index contributed by atoms with van der Waals surface area (Å²) in [5.74, 6) is -1.28. The molecular formula is C9H9N3O4. The predicted octanol–water partition coefficient (Wildman–Crippen LogP) is -0.728. The van der Waals surface area contributed by atoms with Gasteiger partial charge >= 0.3 is 5.97 Å². The van der Waals surface area contributed by atoms with Gasteiger partial charge < -0.3 is 10.2 Å². The van der Waals surface area contributed by atoms with Crippen molar-refractivity contribution in [2.75, 3.05) is 11.4 Å². The maximum atomic E-state index is 11.4. The largest absolute Gasteiger partial charge is 0.478 e. The number of amides is 1. The van der Waals surface area contributed by atoms with Gasteiger partial charge in [0, 0.05) is 12.4 Å². The number of anilines is 1. The molecule has 0 radical (unpaired) electrons. The van der Waals surface area contributed by atoms with Crippen molar-refractivity contribution in [2.24, 2.45) is 0 Å². The van der Waals surface area contributed by atoms with Crippen LogP contribution in [-0.4, -0.2) is 44.7 Å². The van der Waals surface area contributed by atoms with Gasteiger partial charge in [0.2, 0.25) is 11.9 Å². The molecule has 84 valence electrons. The van der Waals surface area contributed by atoms with Crippen LogP contribution in [0.25, 0.3) is 0 Å². The van der Waals surface area contributed by atoms with Crippen molar-refractivity contribution >= 4 is 17.8 Å². The smallest absolute Gasteiger partial charge is 0.338 e. The Kier molecular flexibility index (Phi) is 2.53. The molecule has 1 aliphatic rings. The summed E-state index contributed by atoms with van der Waals surface area (Å²) in [6.45, 7) is 0.144. The Morgan fingerprint density at radius 3 is 2.50 bits per heavy atom. The molecule has 1 aromatic heterocycles. The monoisotopic (exact) mass is 223 g/mol. The lowest BCUT2D eigenvalue weighted by molar-refractivity contribution is -0.117. The predicted molar refractivity (Wildman–Crippen MR) is 52.0 cm³/mol. The molecule has 1 amide bonds. The second-order valence-electron chi connectivity index (χ2n) is 3.44. The summed E-state index contributed by atoms with van der Waals surface area (Å²) in [6, 6.07) is 0. The lowest BCUT2D eigenvalue weighted by atomic mass is 10.3. The highest BCUT2D eigenvalue weighted by Crippen LogP contribution is 2.16. The zero-order valence-corrected chi connectivity index (χ0v) is 8.20. The van der Waals surface area contributed by atoms with Crippen LogP contribution in [0.1, 0.15) is 16.8 Å². The molecular weight excluding hydrogens is 214 g/mol. The number of carbonyl (C=O) groups excluding carboxylic acids is 1. The van der Waals surface area contributed by atoms with Crippen molar-refractivity contribution in [3.63, 3.8) is 0 Å². The van der Waals surface area contributed by atoms with Crippen LogP contribution in [0.4, 0.5) is 5.95 Å². The molecule has 1 unspecified atom stereocenters. The van der Waals surface area contributed by atoms with Gasteiger partial charge in [-0.3, -0.25) is 9.69 Å². The molecule has 7 nitrogen and oxygen atoms in total. The molecule has 2 rings (SSSR count). The van der Waals surface area contributed by atoms with E-state index in [4.69, 9.17) is 5.11 Å². The van der Waals surface area contributed by atoms with Gasteiger partial charge in [-0.1, -0.05) is 0 Å². The van der Waals surface area contributed by atoms with E-state index < -0.39 is 12.1 Å². The molecule has 1 aliphatic heterocycles. The number of hydrogen-bond donors (Lipinski definition) is 2. The number of carboxylic acids is 1. The number of aliphatic hydroxyl groups is 1. The quantitative estimate of drug-likeness (QED) is 0.685. The van der Waals surface area contributed by atoms with Crippen LogP contribution in [0.5, 0.6) is 0 Å². The minimum atomic E-state index is -1.13. The van der Waals surface area contributed by atoms with Crippen molar-refractivity contribution in [2.45, 2.75) is 12.5 Å². The normalized spacial score (nSPS) is 20.2. The molecule has 0 spiro atoms. The van der Waals surface area contributed by atoms with E-state index in [1.807, 2.05) is 0 Å². The van der Waals surface area contributed by atoms with E-state index in [1.54, 1.807) is 0 Å². The minimum absolute atomic E-state index is 0.0454. The van der Waals surface area contributed by atoms with Crippen LogP contribution < -0.4 is 4.90 Å². The third kappa shape index (κ3) is 1.84. The van der Waals surface area contributed by atoms with Gasteiger partial charge in [0.1, 0.15) is 0 Å². The number of rotatable bonds is 2. The zero-order chi connectivity index (χ0) is 11.7. The standard InChI is InChI=1S/C9H9N3O4/c13-6-1-7(14)12(4-6)9-10-2-5(3-11-9)8(15)16/h2-3,6,13H,1,4H2,(H,15,16). The van der Waals surface area contributed by atoms with Gasteiger partial charge in [-0.15, -0.1) is 0 Å². The third-order valence-corrected chi connectivity index (χ3v) is 2.23. The van der Waals surface area contributed by atoms with E-state index in [0.29, 0.717) is 0 Å². The first-order valence-electron chi connectivity index (χ1n) is 4.61. The average Bonchev–Trinajstić information content (AvgIpc) is 2.58. The molecule has 0 aliphatic carbocycles. The number of aromatic nitrogens is 2. The Morgan fingerprint density at radius 1 is 1.44 bits per heavy atom. The van der Waals surface area contributed by atoms with E-state index in [0.717, 1.165) is 12.4 Å². The number of β-amino-alcohol motifs (C(OH)–C–C–N with tert-alkyl or cyclic N) is 1. The van der Waals surface area contributed by atoms with Crippen molar-refractivity contribution in [3.05, 3.63) is 18.0 Å². The van der Waals surface area contributed by atoms with Crippen LogP contribution >= 0.6 is 0 Å². The number of hydrogen-bond acceptors (Lipinski definition) is 5. The molecule has 1 atom stereocenters. The summed E-state index contributed by atoms with van der Waals surface area (Å²) in [5, 5.41) is 17.9. The summed E-state index contributed by atoms with van der Waals surface area (Å²) in [7, 11) is 0. The van der Waals surface area contributed by atoms with Crippen LogP contribution in [0.2, 0.25) is 0 Å². The van der Waals surface area contributed by atoms with Crippen molar-refractivity contribution in [3.8, 4) is 0 Å². The van der Waals surface area contributed by atoms with Crippen molar-refractivity contribution in [1.82, 2.24) is 9.97 Å². The first-order chi connectivity index (χ1) is 7.58. The maximum absolute atomic E-state index is 11.4. The molecule has 1 fully saturated rings. The molecule has 0 bridgehead atoms. The highest BCUT2D eigenvalue weighted by atomic mass is 16.4. The molecule has 0 saturated carbocycles. The second-order valence-corrected chi connectivity index (χ2v) is 3.44. The molecule has 7 heteroatoms. The fourth-order valence-electron chi connectivity index (χ4n) is 1.45. The number of carbonyl (C=O) groups is 2. The zero-order valence-electron chi connectivity index (χ0n) is 8.20. The first kappa shape index (κ1) is 10.5. The van der Waals surface area contributed by atoms with E-state index in [9.17, 15) is 14.7 Å². The van der Waals surface area contributed by atoms with Gasteiger partial charge in [0.05, 0.1) is 24.6 Å². The van der Waals surface area contributed by atoms with Gasteiger partial charge in [-0.05, 0) is 0 Å². The third-order valence-electron chi connectivity index (χ3n) is 2.23. The van der Waals surface area contributed by atoms with Gasteiger partial charge in [-0.2, -0.15) is 0 Å². The summed E-state index contributed by atoms with van der Waals surface area (Å²) in [6.07, 6.45) is 1.59. The molecule has 2 N–H and O–H groups in total. The first-order valence-corrected chi connectivity index (χ1v) is 4.61. The molecule has 1 aromatic rings. The van der Waals surface area contributed by atoms with Crippen LogP contribution in [-0.2, 0) is 4.79 Å². The molecule has 2 heterocycles. The minimum Gasteiger partial charge on any atom is -0.478 e. The maximum Gasteiger partial charge on any atom is 0.338 e. The summed E-state index contributed by atoms with van der Waals surface area (Å²) in [4.78, 5) is 30.7. The highest BCUT2D eigenvalue weighted by Gasteiger charge is 2.30. The van der Waals surface area contributed by atoms with Crippen molar-refractivity contribution < 1.29 is 19.8 Å². The van der Waals surface area contributed by atoms with Gasteiger partial charge in [0.15, 0.2) is 0 Å². The van der Waals surface area contributed by atoms with Crippen molar-refractivity contribution in [1.29, 1.82) is 0 Å². The topological polar surface area (TPSA) is 104 Å². The Balaban J connectivity index is 2.22. The highest BCUT2D eigenvalue weighted by molar-refractivity contribution is 5.94. The Bertz CT molecular complexity index is 431. The summed E-state index contributed by atoms with van der Waals surface area (Å²) >= 11 is 0. The number of carboxylic acid groups (broad SMARTS) is 1. The summed E-state index contributed by atoms with van der Waals surface area (Å²) < 4.78 is 0. The van der Waals surface area contributed by atoms with E-state index in [1.165, 1.54) is 4.90 Å². The van der Waals surface area contributed by atoms with Gasteiger partial charge in [0.25, 0.3) is 0 Å². The second kappa shape index (κ2) is 3.86. The van der Waals surface area contributed by atoms with Crippen LogP contribution in [0.3, 0.4) is 0 Å². The fraction of sp³-hybridized carbons (Fsp3) is 0.333. The lowest BCUT2D eigenvalue weighted by Gasteiger charge is -2.12. The fourth-order valence-corrected chi connectivity index (χ4v) is 1.45. The Hall–Kier alpha value is -2.02. The van der Waals surface area contributed by atoms with Crippen LogP contribution in [0.15, 0.2) is 12.4 Å². The average molecular weight is 223 g/mol. The Morgan fingerprint density at radius 2 is 2.06 bits per heavy atom. The molecule has 16 heavy (non-hydrogen) atoms. The van der Waals surface area contributed by atoms with Crippen LogP contribution in [0, 0.1) is 0 Å². The Labute approximate surface area is 90.4 Å².